The number of nitrogens with zero attached hydrogens (tertiary/aromatic N) is 1. The maximum atomic E-state index is 12.6. The highest BCUT2D eigenvalue weighted by atomic mass is 32.2. The molecule has 0 fully saturated rings. The minimum Gasteiger partial charge on any atom is -0.497 e. The quantitative estimate of drug-likeness (QED) is 0.908. The number of sulfonamides is 1. The Morgan fingerprint density at radius 1 is 1.16 bits per heavy atom. The third-order valence-corrected chi connectivity index (χ3v) is 5.65. The molecule has 7 heteroatoms. The van der Waals surface area contributed by atoms with Crippen molar-refractivity contribution < 1.29 is 17.9 Å². The van der Waals surface area contributed by atoms with Gasteiger partial charge in [0.2, 0.25) is 5.91 Å². The number of nitrogens with one attached hydrogen (secondary N) is 1. The Kier molecular flexibility index (Phi) is 4.67. The summed E-state index contributed by atoms with van der Waals surface area (Å²) >= 11 is 0. The molecular formula is C18H20N2O4S. The first kappa shape index (κ1) is 17.3. The Balaban J connectivity index is 1.85. The van der Waals surface area contributed by atoms with Crippen LogP contribution < -0.4 is 9.46 Å². The van der Waals surface area contributed by atoms with Crippen LogP contribution in [-0.2, 0) is 27.8 Å². The van der Waals surface area contributed by atoms with E-state index >= 15 is 0 Å². The fourth-order valence-corrected chi connectivity index (χ4v) is 3.96. The number of methoxy groups -OCH3 is 1. The fourth-order valence-electron chi connectivity index (χ4n) is 2.87. The summed E-state index contributed by atoms with van der Waals surface area (Å²) in [5.41, 5.74) is 2.58. The smallest absolute Gasteiger partial charge is 0.262 e. The monoisotopic (exact) mass is 360 g/mol. The summed E-state index contributed by atoms with van der Waals surface area (Å²) in [5.74, 6) is 0.499. The fraction of sp³-hybridized carbons (Fsp3) is 0.278. The van der Waals surface area contributed by atoms with Gasteiger partial charge in [-0.2, -0.15) is 0 Å². The van der Waals surface area contributed by atoms with Crippen molar-refractivity contribution in [2.24, 2.45) is 0 Å². The van der Waals surface area contributed by atoms with E-state index in [1.807, 2.05) is 6.07 Å². The van der Waals surface area contributed by atoms with Crippen molar-refractivity contribution in [2.45, 2.75) is 24.8 Å². The SMILES string of the molecule is COc1cccc(S(=O)(=O)Nc2ccc3c(c2)CN(C(C)=O)CC3)c1. The summed E-state index contributed by atoms with van der Waals surface area (Å²) < 4.78 is 32.8. The van der Waals surface area contributed by atoms with Crippen LogP contribution in [0.1, 0.15) is 18.1 Å². The highest BCUT2D eigenvalue weighted by Gasteiger charge is 2.20. The zero-order valence-electron chi connectivity index (χ0n) is 14.2. The number of hydrogen-bond acceptors (Lipinski definition) is 4. The molecule has 0 aliphatic carbocycles. The van der Waals surface area contributed by atoms with Crippen molar-refractivity contribution >= 4 is 21.6 Å². The van der Waals surface area contributed by atoms with Gasteiger partial charge in [-0.1, -0.05) is 12.1 Å². The second-order valence-corrected chi connectivity index (χ2v) is 7.64. The van der Waals surface area contributed by atoms with E-state index in [9.17, 15) is 13.2 Å². The molecule has 1 N–H and O–H groups in total. The molecule has 3 rings (SSSR count). The van der Waals surface area contributed by atoms with Gasteiger partial charge in [0.05, 0.1) is 12.0 Å². The van der Waals surface area contributed by atoms with Gasteiger partial charge in [-0.3, -0.25) is 9.52 Å². The van der Waals surface area contributed by atoms with Crippen molar-refractivity contribution in [1.82, 2.24) is 4.90 Å². The summed E-state index contributed by atoms with van der Waals surface area (Å²) in [7, 11) is -2.22. The average Bonchev–Trinajstić information content (AvgIpc) is 2.60. The molecule has 0 saturated heterocycles. The minimum atomic E-state index is -3.71. The van der Waals surface area contributed by atoms with E-state index in [1.54, 1.807) is 36.1 Å². The van der Waals surface area contributed by atoms with Crippen LogP contribution in [0.25, 0.3) is 0 Å². The number of carbonyl (C=O) groups is 1. The number of hydrogen-bond donors (Lipinski definition) is 1. The van der Waals surface area contributed by atoms with Gasteiger partial charge in [0.25, 0.3) is 10.0 Å². The van der Waals surface area contributed by atoms with Gasteiger partial charge in [-0.25, -0.2) is 8.42 Å². The van der Waals surface area contributed by atoms with Gasteiger partial charge in [0.15, 0.2) is 0 Å². The van der Waals surface area contributed by atoms with Crippen molar-refractivity contribution in [1.29, 1.82) is 0 Å². The third-order valence-electron chi connectivity index (χ3n) is 4.27. The van der Waals surface area contributed by atoms with Gasteiger partial charge in [0.1, 0.15) is 5.75 Å². The summed E-state index contributed by atoms with van der Waals surface area (Å²) in [6.45, 7) is 2.73. The number of fused-ring (bicyclic) bond motifs is 1. The Labute approximate surface area is 147 Å². The van der Waals surface area contributed by atoms with E-state index < -0.39 is 10.0 Å². The summed E-state index contributed by atoms with van der Waals surface area (Å²) in [6.07, 6.45) is 0.776. The Morgan fingerprint density at radius 3 is 2.68 bits per heavy atom. The molecule has 0 radical (unpaired) electrons. The standard InChI is InChI=1S/C18H20N2O4S/c1-13(21)20-9-8-14-6-7-16(10-15(14)12-20)19-25(22,23)18-5-3-4-17(11-18)24-2/h3-7,10-11,19H,8-9,12H2,1-2H3. The molecule has 2 aromatic carbocycles. The van der Waals surface area contributed by atoms with Crippen molar-refractivity contribution in [3.05, 3.63) is 53.6 Å². The number of anilines is 1. The minimum absolute atomic E-state index is 0.0213. The number of carbonyl (C=O) groups excluding carboxylic acids is 1. The lowest BCUT2D eigenvalue weighted by Gasteiger charge is -2.28. The van der Waals surface area contributed by atoms with Gasteiger partial charge in [-0.15, -0.1) is 0 Å². The lowest BCUT2D eigenvalue weighted by Crippen LogP contribution is -2.34. The highest BCUT2D eigenvalue weighted by molar-refractivity contribution is 7.92. The molecule has 6 nitrogen and oxygen atoms in total. The van der Waals surface area contributed by atoms with E-state index in [4.69, 9.17) is 4.74 Å². The van der Waals surface area contributed by atoms with E-state index in [0.717, 1.165) is 17.5 Å². The van der Waals surface area contributed by atoms with Crippen LogP contribution in [0.4, 0.5) is 5.69 Å². The Bertz CT molecular complexity index is 909. The lowest BCUT2D eigenvalue weighted by atomic mass is 9.99. The van der Waals surface area contributed by atoms with E-state index in [-0.39, 0.29) is 10.8 Å². The van der Waals surface area contributed by atoms with Gasteiger partial charge in [0, 0.05) is 31.8 Å². The van der Waals surface area contributed by atoms with Crippen LogP contribution in [0.15, 0.2) is 47.4 Å². The number of rotatable bonds is 4. The molecule has 1 aliphatic heterocycles. The zero-order valence-corrected chi connectivity index (χ0v) is 15.0. The van der Waals surface area contributed by atoms with E-state index in [2.05, 4.69) is 4.72 Å². The molecule has 25 heavy (non-hydrogen) atoms. The van der Waals surface area contributed by atoms with Gasteiger partial charge in [-0.05, 0) is 41.8 Å². The molecule has 0 spiro atoms. The largest absolute Gasteiger partial charge is 0.497 e. The average molecular weight is 360 g/mol. The van der Waals surface area contributed by atoms with Crippen LogP contribution >= 0.6 is 0 Å². The van der Waals surface area contributed by atoms with Gasteiger partial charge >= 0.3 is 0 Å². The van der Waals surface area contributed by atoms with Crippen molar-refractivity contribution in [2.75, 3.05) is 18.4 Å². The van der Waals surface area contributed by atoms with Gasteiger partial charge < -0.3 is 9.64 Å². The molecule has 2 aromatic rings. The molecule has 132 valence electrons. The topological polar surface area (TPSA) is 75.7 Å². The molecule has 0 atom stereocenters. The van der Waals surface area contributed by atoms with Crippen LogP contribution in [0, 0.1) is 0 Å². The number of ether oxygens (including phenoxy) is 1. The highest BCUT2D eigenvalue weighted by Crippen LogP contribution is 2.25. The zero-order chi connectivity index (χ0) is 18.0. The van der Waals surface area contributed by atoms with Crippen LogP contribution in [0.5, 0.6) is 5.75 Å². The van der Waals surface area contributed by atoms with Crippen LogP contribution in [-0.4, -0.2) is 32.9 Å². The molecule has 0 bridgehead atoms. The summed E-state index contributed by atoms with van der Waals surface area (Å²) in [6, 6.07) is 11.8. The maximum absolute atomic E-state index is 12.6. The maximum Gasteiger partial charge on any atom is 0.262 e. The third kappa shape index (κ3) is 3.76. The summed E-state index contributed by atoms with van der Waals surface area (Å²) in [5, 5.41) is 0. The first-order valence-electron chi connectivity index (χ1n) is 7.93. The Morgan fingerprint density at radius 2 is 1.96 bits per heavy atom. The molecule has 0 unspecified atom stereocenters. The molecule has 0 aromatic heterocycles. The number of benzene rings is 2. The normalized spacial score (nSPS) is 13.9. The second kappa shape index (κ2) is 6.76. The molecule has 1 aliphatic rings. The summed E-state index contributed by atoms with van der Waals surface area (Å²) in [4.78, 5) is 13.5. The molecule has 1 amide bonds. The Hall–Kier alpha value is -2.54. The van der Waals surface area contributed by atoms with E-state index in [0.29, 0.717) is 24.5 Å². The predicted octanol–water partition coefficient (Wildman–Crippen LogP) is 2.40. The number of amides is 1. The van der Waals surface area contributed by atoms with E-state index in [1.165, 1.54) is 19.2 Å². The van der Waals surface area contributed by atoms with Crippen molar-refractivity contribution in [3.63, 3.8) is 0 Å². The molecule has 1 heterocycles. The molecular weight excluding hydrogens is 340 g/mol. The second-order valence-electron chi connectivity index (χ2n) is 5.96. The lowest BCUT2D eigenvalue weighted by molar-refractivity contribution is -0.129. The first-order valence-corrected chi connectivity index (χ1v) is 9.41. The molecule has 0 saturated carbocycles. The van der Waals surface area contributed by atoms with Crippen LogP contribution in [0.3, 0.4) is 0 Å². The van der Waals surface area contributed by atoms with Crippen molar-refractivity contribution in [3.8, 4) is 5.75 Å². The predicted molar refractivity (Wildman–Crippen MR) is 95.0 cm³/mol. The van der Waals surface area contributed by atoms with Crippen LogP contribution in [0.2, 0.25) is 0 Å². The first-order chi connectivity index (χ1) is 11.9.